The minimum atomic E-state index is 0.154. The summed E-state index contributed by atoms with van der Waals surface area (Å²) in [5.74, 6) is 2.21. The van der Waals surface area contributed by atoms with Gasteiger partial charge in [-0.1, -0.05) is 11.2 Å². The molecule has 3 aliphatic rings. The van der Waals surface area contributed by atoms with Gasteiger partial charge in [-0.15, -0.1) is 0 Å². The summed E-state index contributed by atoms with van der Waals surface area (Å²) in [4.78, 5) is 22.0. The lowest BCUT2D eigenvalue weighted by Gasteiger charge is -2.47. The molecule has 0 amide bonds. The average molecular weight is 385 g/mol. The third-order valence-corrected chi connectivity index (χ3v) is 6.26. The number of aromatic nitrogens is 3. The van der Waals surface area contributed by atoms with Gasteiger partial charge in [0.05, 0.1) is 25.8 Å². The van der Waals surface area contributed by atoms with Gasteiger partial charge >= 0.3 is 0 Å². The molecular weight excluding hydrogens is 358 g/mol. The third-order valence-electron chi connectivity index (χ3n) is 6.26. The van der Waals surface area contributed by atoms with E-state index in [1.54, 1.807) is 6.92 Å². The topological polar surface area (TPSA) is 76.6 Å². The first-order chi connectivity index (χ1) is 13.6. The normalized spacial score (nSPS) is 25.0. The zero-order chi connectivity index (χ0) is 19.3. The predicted molar refractivity (Wildman–Crippen MR) is 102 cm³/mol. The highest BCUT2D eigenvalue weighted by molar-refractivity contribution is 5.22. The molecule has 150 valence electrons. The van der Waals surface area contributed by atoms with Crippen LogP contribution < -0.4 is 5.56 Å². The molecule has 2 fully saturated rings. The Morgan fingerprint density at radius 1 is 1.21 bits per heavy atom. The second-order valence-electron chi connectivity index (χ2n) is 8.55. The lowest BCUT2D eigenvalue weighted by atomic mass is 9.82. The SMILES string of the molecule is Cc1noc(CN(C)Cc2ccc3n(c2=O)C[C@H]2C[C@@H]3CN(C3COC3)C2)n1. The first kappa shape index (κ1) is 18.0. The number of nitrogens with zero attached hydrogens (tertiary/aromatic N) is 5. The number of ether oxygens (including phenoxy) is 1. The molecular formula is C20H27N5O3. The number of rotatable bonds is 5. The van der Waals surface area contributed by atoms with E-state index in [9.17, 15) is 4.79 Å². The van der Waals surface area contributed by atoms with Crippen molar-refractivity contribution in [2.24, 2.45) is 5.92 Å². The Hall–Kier alpha value is -2.03. The van der Waals surface area contributed by atoms with Gasteiger partial charge in [-0.3, -0.25) is 14.6 Å². The Labute approximate surface area is 164 Å². The summed E-state index contributed by atoms with van der Waals surface area (Å²) in [7, 11) is 1.97. The highest BCUT2D eigenvalue weighted by Crippen LogP contribution is 2.36. The Bertz CT molecular complexity index is 919. The minimum absolute atomic E-state index is 0.154. The van der Waals surface area contributed by atoms with Gasteiger partial charge in [-0.2, -0.15) is 4.98 Å². The van der Waals surface area contributed by atoms with Crippen molar-refractivity contribution in [2.75, 3.05) is 33.4 Å². The number of hydrogen-bond donors (Lipinski definition) is 0. The molecule has 0 radical (unpaired) electrons. The lowest BCUT2D eigenvalue weighted by molar-refractivity contribution is -0.0827. The molecule has 0 aliphatic carbocycles. The lowest BCUT2D eigenvalue weighted by Crippen LogP contribution is -2.56. The molecule has 2 aromatic rings. The number of piperidine rings is 1. The van der Waals surface area contributed by atoms with E-state index >= 15 is 0 Å². The molecule has 8 heteroatoms. The summed E-state index contributed by atoms with van der Waals surface area (Å²) in [6.45, 7) is 7.58. The van der Waals surface area contributed by atoms with Gasteiger partial charge in [0, 0.05) is 43.4 Å². The first-order valence-corrected chi connectivity index (χ1v) is 10.1. The van der Waals surface area contributed by atoms with Crippen LogP contribution in [0.4, 0.5) is 0 Å². The summed E-state index contributed by atoms with van der Waals surface area (Å²) in [5.41, 5.74) is 2.18. The first-order valence-electron chi connectivity index (χ1n) is 10.1. The summed E-state index contributed by atoms with van der Waals surface area (Å²) in [6.07, 6.45) is 1.19. The molecule has 3 aliphatic heterocycles. The second kappa shape index (κ2) is 7.09. The number of likely N-dealkylation sites (tertiary alicyclic amines) is 1. The number of hydrogen-bond acceptors (Lipinski definition) is 7. The van der Waals surface area contributed by atoms with Gasteiger partial charge in [0.15, 0.2) is 5.82 Å². The van der Waals surface area contributed by atoms with Crippen LogP contribution in [0, 0.1) is 12.8 Å². The third kappa shape index (κ3) is 3.29. The Kier molecular flexibility index (Phi) is 4.57. The summed E-state index contributed by atoms with van der Waals surface area (Å²) < 4.78 is 12.6. The van der Waals surface area contributed by atoms with Gasteiger partial charge < -0.3 is 13.8 Å². The van der Waals surface area contributed by atoms with E-state index in [0.717, 1.165) is 38.4 Å². The second-order valence-corrected chi connectivity index (χ2v) is 8.55. The fourth-order valence-electron chi connectivity index (χ4n) is 4.86. The van der Waals surface area contributed by atoms with E-state index in [2.05, 4.69) is 21.1 Å². The maximum absolute atomic E-state index is 13.2. The largest absolute Gasteiger partial charge is 0.378 e. The van der Waals surface area contributed by atoms with Crippen LogP contribution in [0.25, 0.3) is 0 Å². The highest BCUT2D eigenvalue weighted by Gasteiger charge is 2.39. The Morgan fingerprint density at radius 3 is 2.79 bits per heavy atom. The van der Waals surface area contributed by atoms with Crippen LogP contribution in [0.3, 0.4) is 0 Å². The summed E-state index contributed by atoms with van der Waals surface area (Å²) in [5, 5.41) is 3.82. The van der Waals surface area contributed by atoms with Crippen molar-refractivity contribution in [2.45, 2.75) is 44.9 Å². The van der Waals surface area contributed by atoms with Crippen molar-refractivity contribution in [1.29, 1.82) is 0 Å². The van der Waals surface area contributed by atoms with Gasteiger partial charge in [0.2, 0.25) is 5.89 Å². The number of fused-ring (bicyclic) bond motifs is 4. The van der Waals surface area contributed by atoms with Gasteiger partial charge in [-0.05, 0) is 32.4 Å². The van der Waals surface area contributed by atoms with Crippen molar-refractivity contribution < 1.29 is 9.26 Å². The molecule has 8 nitrogen and oxygen atoms in total. The Morgan fingerprint density at radius 2 is 2.07 bits per heavy atom. The molecule has 2 atom stereocenters. The quantitative estimate of drug-likeness (QED) is 0.760. The highest BCUT2D eigenvalue weighted by atomic mass is 16.5. The minimum Gasteiger partial charge on any atom is -0.378 e. The molecule has 0 saturated carbocycles. The van der Waals surface area contributed by atoms with Gasteiger partial charge in [-0.25, -0.2) is 0 Å². The van der Waals surface area contributed by atoms with Crippen LogP contribution in [0.2, 0.25) is 0 Å². The molecule has 2 aromatic heterocycles. The van der Waals surface area contributed by atoms with Crippen molar-refractivity contribution >= 4 is 0 Å². The summed E-state index contributed by atoms with van der Waals surface area (Å²) >= 11 is 0. The number of pyridine rings is 1. The molecule has 2 saturated heterocycles. The number of aryl methyl sites for hydroxylation is 1. The van der Waals surface area contributed by atoms with Crippen LogP contribution in [0.1, 0.15) is 35.3 Å². The van der Waals surface area contributed by atoms with Gasteiger partial charge in [0.1, 0.15) is 0 Å². The van der Waals surface area contributed by atoms with Crippen LogP contribution in [-0.2, 0) is 24.4 Å². The monoisotopic (exact) mass is 385 g/mol. The van der Waals surface area contributed by atoms with E-state index in [1.165, 1.54) is 12.1 Å². The predicted octanol–water partition coefficient (Wildman–Crippen LogP) is 0.990. The molecule has 0 N–H and O–H groups in total. The van der Waals surface area contributed by atoms with Crippen LogP contribution in [0.15, 0.2) is 21.5 Å². The van der Waals surface area contributed by atoms with Crippen molar-refractivity contribution in [3.05, 3.63) is 45.5 Å². The molecule has 0 unspecified atom stereocenters. The Balaban J connectivity index is 1.33. The fourth-order valence-corrected chi connectivity index (χ4v) is 4.86. The average Bonchev–Trinajstić information content (AvgIpc) is 3.01. The smallest absolute Gasteiger partial charge is 0.255 e. The van der Waals surface area contributed by atoms with E-state index < -0.39 is 0 Å². The molecule has 5 heterocycles. The van der Waals surface area contributed by atoms with E-state index in [-0.39, 0.29) is 5.56 Å². The standard InChI is InChI=1S/C20H27N5O3/c1-13-21-19(28-22-13)10-23(2)8-15-3-4-18-16-5-14(7-25(18)20(15)26)6-24(9-16)17-11-27-12-17/h3-4,14,16-17H,5-12H2,1-2H3/t14-,16+/m0/s1. The molecule has 2 bridgehead atoms. The van der Waals surface area contributed by atoms with Crippen LogP contribution >= 0.6 is 0 Å². The maximum atomic E-state index is 13.2. The molecule has 0 aromatic carbocycles. The van der Waals surface area contributed by atoms with Crippen molar-refractivity contribution in [1.82, 2.24) is 24.5 Å². The zero-order valence-corrected chi connectivity index (χ0v) is 16.5. The van der Waals surface area contributed by atoms with Crippen molar-refractivity contribution in [3.63, 3.8) is 0 Å². The van der Waals surface area contributed by atoms with Crippen molar-refractivity contribution in [3.8, 4) is 0 Å². The summed E-state index contributed by atoms with van der Waals surface area (Å²) in [6, 6.07) is 4.75. The molecule has 5 rings (SSSR count). The van der Waals surface area contributed by atoms with Crippen LogP contribution in [-0.4, -0.2) is 63.9 Å². The molecule has 0 spiro atoms. The fraction of sp³-hybridized carbons (Fsp3) is 0.650. The van der Waals surface area contributed by atoms with E-state index in [4.69, 9.17) is 9.26 Å². The van der Waals surface area contributed by atoms with Crippen LogP contribution in [0.5, 0.6) is 0 Å². The zero-order valence-electron chi connectivity index (χ0n) is 16.5. The van der Waals surface area contributed by atoms with E-state index in [1.807, 2.05) is 22.6 Å². The molecule has 28 heavy (non-hydrogen) atoms. The van der Waals surface area contributed by atoms with E-state index in [0.29, 0.717) is 42.7 Å². The van der Waals surface area contributed by atoms with Gasteiger partial charge in [0.25, 0.3) is 5.56 Å². The maximum Gasteiger partial charge on any atom is 0.255 e.